The van der Waals surface area contributed by atoms with Gasteiger partial charge in [-0.05, 0) is 23.6 Å². The number of aromatic nitrogens is 2. The minimum absolute atomic E-state index is 0.0950. The maximum absolute atomic E-state index is 12.4. The molecule has 0 unspecified atom stereocenters. The van der Waals surface area contributed by atoms with Crippen molar-refractivity contribution >= 4 is 21.6 Å². The van der Waals surface area contributed by atoms with E-state index in [1.165, 1.54) is 17.1 Å². The fraction of sp³-hybridized carbons (Fsp3) is 0.357. The molecular weight excluding hydrogens is 310 g/mol. The first-order chi connectivity index (χ1) is 9.79. The molecule has 0 radical (unpaired) electrons. The molecule has 0 amide bonds. The van der Waals surface area contributed by atoms with E-state index in [9.17, 15) is 8.42 Å². The first-order valence-electron chi connectivity index (χ1n) is 6.56. The Morgan fingerprint density at radius 1 is 1.24 bits per heavy atom. The minimum Gasteiger partial charge on any atom is -0.274 e. The number of nitrogens with zero attached hydrogens (tertiary/aromatic N) is 2. The number of rotatable bonds is 5. The lowest BCUT2D eigenvalue weighted by molar-refractivity contribution is 0.463. The summed E-state index contributed by atoms with van der Waals surface area (Å²) < 4.78 is 29.0. The summed E-state index contributed by atoms with van der Waals surface area (Å²) in [5.41, 5.74) is 0.877. The Balaban J connectivity index is 2.30. The molecule has 0 bridgehead atoms. The van der Waals surface area contributed by atoms with Gasteiger partial charge >= 0.3 is 0 Å². The number of aryl methyl sites for hydroxylation is 1. The molecule has 1 aromatic heterocycles. The fourth-order valence-electron chi connectivity index (χ4n) is 2.03. The topological polar surface area (TPSA) is 64.0 Å². The first kappa shape index (κ1) is 16.0. The van der Waals surface area contributed by atoms with Gasteiger partial charge in [0.2, 0.25) is 10.0 Å². The second-order valence-corrected chi connectivity index (χ2v) is 7.39. The average Bonchev–Trinajstić information content (AvgIpc) is 2.84. The van der Waals surface area contributed by atoms with Gasteiger partial charge in [0, 0.05) is 24.3 Å². The second-order valence-electron chi connectivity index (χ2n) is 5.24. The summed E-state index contributed by atoms with van der Waals surface area (Å²) in [5, 5.41) is 4.52. The molecule has 0 spiro atoms. The fourth-order valence-corrected chi connectivity index (χ4v) is 3.51. The highest BCUT2D eigenvalue weighted by atomic mass is 35.5. The van der Waals surface area contributed by atoms with Crippen LogP contribution >= 0.6 is 11.6 Å². The summed E-state index contributed by atoms with van der Waals surface area (Å²) in [6.07, 6.45) is 2.81. The maximum atomic E-state index is 12.4. The van der Waals surface area contributed by atoms with Crippen LogP contribution in [0, 0.1) is 5.92 Å². The highest BCUT2D eigenvalue weighted by molar-refractivity contribution is 7.89. The third-order valence-electron chi connectivity index (χ3n) is 3.17. The molecule has 2 rings (SSSR count). The SMILES string of the molecule is CC(C)[C@@H](NS(=O)(=O)c1cnn(C)c1)c1ccc(Cl)cc1. The van der Waals surface area contributed by atoms with Crippen molar-refractivity contribution in [1.29, 1.82) is 0 Å². The van der Waals surface area contributed by atoms with Crippen molar-refractivity contribution in [3.05, 3.63) is 47.2 Å². The normalized spacial score (nSPS) is 13.6. The summed E-state index contributed by atoms with van der Waals surface area (Å²) >= 11 is 5.88. The van der Waals surface area contributed by atoms with Crippen LogP contribution in [0.15, 0.2) is 41.6 Å². The second kappa shape index (κ2) is 6.17. The predicted molar refractivity (Wildman–Crippen MR) is 82.6 cm³/mol. The number of halogens is 1. The van der Waals surface area contributed by atoms with Crippen LogP contribution in [0.3, 0.4) is 0 Å². The van der Waals surface area contributed by atoms with Gasteiger partial charge in [0.15, 0.2) is 0 Å². The largest absolute Gasteiger partial charge is 0.274 e. The molecule has 0 aliphatic carbocycles. The van der Waals surface area contributed by atoms with Gasteiger partial charge in [0.25, 0.3) is 0 Å². The summed E-state index contributed by atoms with van der Waals surface area (Å²) in [4.78, 5) is 0.157. The Labute approximate surface area is 130 Å². The smallest absolute Gasteiger partial charge is 0.244 e. The molecule has 0 aliphatic heterocycles. The molecule has 0 saturated heterocycles. The van der Waals surface area contributed by atoms with E-state index in [0.29, 0.717) is 5.02 Å². The van der Waals surface area contributed by atoms with Crippen LogP contribution in [-0.2, 0) is 17.1 Å². The summed E-state index contributed by atoms with van der Waals surface area (Å²) in [6.45, 7) is 3.93. The predicted octanol–water partition coefficient (Wildman–Crippen LogP) is 2.75. The highest BCUT2D eigenvalue weighted by Crippen LogP contribution is 2.25. The standard InChI is InChI=1S/C14H18ClN3O2S/c1-10(2)14(11-4-6-12(15)7-5-11)17-21(19,20)13-8-16-18(3)9-13/h4-10,14,17H,1-3H3/t14-/m1/s1. The Morgan fingerprint density at radius 3 is 2.33 bits per heavy atom. The molecule has 7 heteroatoms. The van der Waals surface area contributed by atoms with Crippen molar-refractivity contribution < 1.29 is 8.42 Å². The number of sulfonamides is 1. The molecule has 5 nitrogen and oxygen atoms in total. The van der Waals surface area contributed by atoms with Crippen molar-refractivity contribution in [1.82, 2.24) is 14.5 Å². The van der Waals surface area contributed by atoms with E-state index in [1.807, 2.05) is 26.0 Å². The Kier molecular flexibility index (Phi) is 4.70. The maximum Gasteiger partial charge on any atom is 0.244 e. The molecule has 0 saturated carbocycles. The summed E-state index contributed by atoms with van der Waals surface area (Å²) in [5.74, 6) is 0.0950. The lowest BCUT2D eigenvalue weighted by atomic mass is 9.97. The molecule has 0 fully saturated rings. The third-order valence-corrected chi connectivity index (χ3v) is 4.82. The zero-order valence-corrected chi connectivity index (χ0v) is 13.7. The van der Waals surface area contributed by atoms with Crippen LogP contribution in [0.5, 0.6) is 0 Å². The molecule has 1 heterocycles. The van der Waals surface area contributed by atoms with Gasteiger partial charge in [-0.15, -0.1) is 0 Å². The lowest BCUT2D eigenvalue weighted by Crippen LogP contribution is -2.31. The van der Waals surface area contributed by atoms with Crippen LogP contribution in [0.4, 0.5) is 0 Å². The monoisotopic (exact) mass is 327 g/mol. The molecule has 2 aromatic rings. The van der Waals surface area contributed by atoms with Gasteiger partial charge in [0.05, 0.1) is 6.20 Å². The van der Waals surface area contributed by atoms with Gasteiger partial charge in [-0.1, -0.05) is 37.6 Å². The quantitative estimate of drug-likeness (QED) is 0.918. The van der Waals surface area contributed by atoms with E-state index >= 15 is 0 Å². The van der Waals surface area contributed by atoms with Crippen LogP contribution in [0.1, 0.15) is 25.5 Å². The zero-order valence-electron chi connectivity index (χ0n) is 12.1. The van der Waals surface area contributed by atoms with Gasteiger partial charge in [0.1, 0.15) is 4.90 Å². The van der Waals surface area contributed by atoms with E-state index in [-0.39, 0.29) is 16.9 Å². The molecule has 1 atom stereocenters. The molecule has 0 aliphatic rings. The van der Waals surface area contributed by atoms with Crippen molar-refractivity contribution in [2.24, 2.45) is 13.0 Å². The van der Waals surface area contributed by atoms with E-state index in [0.717, 1.165) is 5.56 Å². The Bertz CT molecular complexity index is 708. The number of hydrogen-bond donors (Lipinski definition) is 1. The Morgan fingerprint density at radius 2 is 1.86 bits per heavy atom. The van der Waals surface area contributed by atoms with Crippen molar-refractivity contribution in [2.75, 3.05) is 0 Å². The Hall–Kier alpha value is -1.37. The van der Waals surface area contributed by atoms with Crippen molar-refractivity contribution in [2.45, 2.75) is 24.8 Å². The van der Waals surface area contributed by atoms with E-state index in [4.69, 9.17) is 11.6 Å². The minimum atomic E-state index is -3.61. The first-order valence-corrected chi connectivity index (χ1v) is 8.42. The van der Waals surface area contributed by atoms with Crippen LogP contribution in [0.25, 0.3) is 0 Å². The lowest BCUT2D eigenvalue weighted by Gasteiger charge is -2.22. The highest BCUT2D eigenvalue weighted by Gasteiger charge is 2.24. The zero-order chi connectivity index (χ0) is 15.6. The van der Waals surface area contributed by atoms with Gasteiger partial charge in [-0.3, -0.25) is 4.68 Å². The van der Waals surface area contributed by atoms with Crippen molar-refractivity contribution in [3.8, 4) is 0 Å². The summed E-state index contributed by atoms with van der Waals surface area (Å²) in [7, 11) is -1.93. The number of benzene rings is 1. The molecular formula is C14H18ClN3O2S. The van der Waals surface area contributed by atoms with Crippen LogP contribution in [-0.4, -0.2) is 18.2 Å². The van der Waals surface area contributed by atoms with Crippen LogP contribution < -0.4 is 4.72 Å². The van der Waals surface area contributed by atoms with Gasteiger partial charge < -0.3 is 0 Å². The molecule has 1 N–H and O–H groups in total. The van der Waals surface area contributed by atoms with E-state index < -0.39 is 10.0 Å². The van der Waals surface area contributed by atoms with Crippen molar-refractivity contribution in [3.63, 3.8) is 0 Å². The summed E-state index contributed by atoms with van der Waals surface area (Å²) in [6, 6.07) is 6.85. The molecule has 114 valence electrons. The molecule has 21 heavy (non-hydrogen) atoms. The van der Waals surface area contributed by atoms with Crippen LogP contribution in [0.2, 0.25) is 5.02 Å². The third kappa shape index (κ3) is 3.84. The number of nitrogens with one attached hydrogen (secondary N) is 1. The van der Waals surface area contributed by atoms with Gasteiger partial charge in [-0.2, -0.15) is 5.10 Å². The van der Waals surface area contributed by atoms with E-state index in [1.54, 1.807) is 19.2 Å². The number of hydrogen-bond acceptors (Lipinski definition) is 3. The molecule has 1 aromatic carbocycles. The van der Waals surface area contributed by atoms with E-state index in [2.05, 4.69) is 9.82 Å². The average molecular weight is 328 g/mol. The van der Waals surface area contributed by atoms with Gasteiger partial charge in [-0.25, -0.2) is 13.1 Å².